The number of aryl methyl sites for hydroxylation is 1. The van der Waals surface area contributed by atoms with Gasteiger partial charge in [-0.05, 0) is 89.4 Å². The summed E-state index contributed by atoms with van der Waals surface area (Å²) in [5.74, 6) is 1.53. The molecule has 0 radical (unpaired) electrons. The number of nitrogens with zero attached hydrogens (tertiary/aromatic N) is 2. The third-order valence-electron chi connectivity index (χ3n) is 6.49. The van der Waals surface area contributed by atoms with E-state index in [0.29, 0.717) is 36.0 Å². The first-order chi connectivity index (χ1) is 16.1. The minimum Gasteiger partial charge on any atom is -0.492 e. The fraction of sp³-hybridized carbons (Fsp3) is 0.571. The van der Waals surface area contributed by atoms with Gasteiger partial charge in [-0.25, -0.2) is 0 Å². The van der Waals surface area contributed by atoms with Crippen LogP contribution in [0.5, 0.6) is 11.5 Å². The van der Waals surface area contributed by atoms with Crippen molar-refractivity contribution in [3.8, 4) is 11.5 Å². The predicted octanol–water partition coefficient (Wildman–Crippen LogP) is 5.55. The normalized spacial score (nSPS) is 19.2. The standard InChI is InChI=1S/C28H41ClN2O3/c1-21(2)31(22(3)4)15-16-33-25-10-8-24(9-11-25)18-30-14-6-13-28(32,19-30)20-34-27-17-23(5)7-12-26(27)29/h7-12,17,21-22,32H,6,13-16,18-20H2,1-5H3/t28-/m0/s1. The number of rotatable bonds is 11. The van der Waals surface area contributed by atoms with Gasteiger partial charge in [0.2, 0.25) is 0 Å². The van der Waals surface area contributed by atoms with Crippen molar-refractivity contribution in [3.63, 3.8) is 0 Å². The van der Waals surface area contributed by atoms with Crippen molar-refractivity contribution in [1.82, 2.24) is 9.80 Å². The topological polar surface area (TPSA) is 45.2 Å². The second kappa shape index (κ2) is 12.3. The highest BCUT2D eigenvalue weighted by atomic mass is 35.5. The fourth-order valence-corrected chi connectivity index (χ4v) is 4.90. The summed E-state index contributed by atoms with van der Waals surface area (Å²) in [6, 6.07) is 15.0. The SMILES string of the molecule is Cc1ccc(Cl)c(OC[C@]2(O)CCCN(Cc3ccc(OCCN(C(C)C)C(C)C)cc3)C2)c1. The third kappa shape index (κ3) is 7.88. The molecule has 0 spiro atoms. The smallest absolute Gasteiger partial charge is 0.138 e. The molecular weight excluding hydrogens is 448 g/mol. The number of likely N-dealkylation sites (tertiary alicyclic amines) is 1. The van der Waals surface area contributed by atoms with Crippen molar-refractivity contribution in [1.29, 1.82) is 0 Å². The molecule has 2 aromatic carbocycles. The Morgan fingerprint density at radius 1 is 1.06 bits per heavy atom. The van der Waals surface area contributed by atoms with Gasteiger partial charge in [0.25, 0.3) is 0 Å². The summed E-state index contributed by atoms with van der Waals surface area (Å²) in [6.07, 6.45) is 1.66. The van der Waals surface area contributed by atoms with Crippen molar-refractivity contribution in [2.75, 3.05) is 32.8 Å². The number of β-amino-alcohol motifs (C(OH)–C–C–N with tert-alkyl or cyclic N) is 1. The Morgan fingerprint density at radius 2 is 1.76 bits per heavy atom. The Labute approximate surface area is 210 Å². The van der Waals surface area contributed by atoms with Gasteiger partial charge in [0, 0.05) is 31.7 Å². The molecule has 5 nitrogen and oxygen atoms in total. The van der Waals surface area contributed by atoms with Crippen molar-refractivity contribution in [2.24, 2.45) is 0 Å². The Hall–Kier alpha value is -1.79. The van der Waals surface area contributed by atoms with Crippen LogP contribution >= 0.6 is 11.6 Å². The second-order valence-electron chi connectivity index (χ2n) is 10.2. The number of halogens is 1. The van der Waals surface area contributed by atoms with Gasteiger partial charge in [0.15, 0.2) is 0 Å². The number of aliphatic hydroxyl groups is 1. The molecule has 1 N–H and O–H groups in total. The molecule has 0 bridgehead atoms. The Morgan fingerprint density at radius 3 is 2.44 bits per heavy atom. The lowest BCUT2D eigenvalue weighted by Gasteiger charge is -2.39. The number of ether oxygens (including phenoxy) is 2. The summed E-state index contributed by atoms with van der Waals surface area (Å²) in [4.78, 5) is 4.73. The van der Waals surface area contributed by atoms with Crippen molar-refractivity contribution in [2.45, 2.75) is 71.7 Å². The van der Waals surface area contributed by atoms with Crippen LogP contribution in [0.25, 0.3) is 0 Å². The molecule has 1 aliphatic rings. The van der Waals surface area contributed by atoms with Gasteiger partial charge in [-0.2, -0.15) is 0 Å². The van der Waals surface area contributed by atoms with E-state index < -0.39 is 5.60 Å². The summed E-state index contributed by atoms with van der Waals surface area (Å²) >= 11 is 6.25. The van der Waals surface area contributed by atoms with E-state index >= 15 is 0 Å². The van der Waals surface area contributed by atoms with Crippen molar-refractivity contribution < 1.29 is 14.6 Å². The van der Waals surface area contributed by atoms with Crippen molar-refractivity contribution in [3.05, 3.63) is 58.6 Å². The zero-order valence-corrected chi connectivity index (χ0v) is 22.1. The first-order valence-electron chi connectivity index (χ1n) is 12.5. The maximum Gasteiger partial charge on any atom is 0.138 e. The molecule has 3 rings (SSSR count). The van der Waals surface area contributed by atoms with Crippen LogP contribution < -0.4 is 9.47 Å². The average molecular weight is 489 g/mol. The molecule has 188 valence electrons. The van der Waals surface area contributed by atoms with Crippen LogP contribution in [0.3, 0.4) is 0 Å². The summed E-state index contributed by atoms with van der Waals surface area (Å²) in [6.45, 7) is 15.1. The maximum atomic E-state index is 11.2. The first-order valence-corrected chi connectivity index (χ1v) is 12.8. The first kappa shape index (κ1) is 26.8. The zero-order chi connectivity index (χ0) is 24.7. The third-order valence-corrected chi connectivity index (χ3v) is 6.80. The summed E-state index contributed by atoms with van der Waals surface area (Å²) in [7, 11) is 0. The van der Waals surface area contributed by atoms with Gasteiger partial charge in [-0.15, -0.1) is 0 Å². The number of piperidine rings is 1. The van der Waals surface area contributed by atoms with Gasteiger partial charge in [-0.1, -0.05) is 29.8 Å². The van der Waals surface area contributed by atoms with Gasteiger partial charge >= 0.3 is 0 Å². The van der Waals surface area contributed by atoms with Gasteiger partial charge in [-0.3, -0.25) is 9.80 Å². The summed E-state index contributed by atoms with van der Waals surface area (Å²) in [5.41, 5.74) is 1.42. The van der Waals surface area contributed by atoms with E-state index in [1.54, 1.807) is 0 Å². The largest absolute Gasteiger partial charge is 0.492 e. The van der Waals surface area contributed by atoms with Crippen LogP contribution in [0.15, 0.2) is 42.5 Å². The molecular formula is C28H41ClN2O3. The highest BCUT2D eigenvalue weighted by Gasteiger charge is 2.34. The number of hydrogen-bond acceptors (Lipinski definition) is 5. The van der Waals surface area contributed by atoms with Gasteiger partial charge in [0.05, 0.1) is 5.02 Å². The van der Waals surface area contributed by atoms with E-state index in [1.165, 1.54) is 5.56 Å². The van der Waals surface area contributed by atoms with E-state index in [9.17, 15) is 5.11 Å². The number of hydrogen-bond donors (Lipinski definition) is 1. The zero-order valence-electron chi connectivity index (χ0n) is 21.4. The average Bonchev–Trinajstić information content (AvgIpc) is 2.78. The van der Waals surface area contributed by atoms with Gasteiger partial charge in [0.1, 0.15) is 30.3 Å². The van der Waals surface area contributed by atoms with Gasteiger partial charge < -0.3 is 14.6 Å². The van der Waals surface area contributed by atoms with E-state index in [4.69, 9.17) is 21.1 Å². The second-order valence-corrected chi connectivity index (χ2v) is 10.6. The molecule has 0 saturated carbocycles. The molecule has 2 aromatic rings. The monoisotopic (exact) mass is 488 g/mol. The maximum absolute atomic E-state index is 11.2. The Kier molecular flexibility index (Phi) is 9.66. The summed E-state index contributed by atoms with van der Waals surface area (Å²) in [5, 5.41) is 11.7. The fourth-order valence-electron chi connectivity index (χ4n) is 4.72. The van der Waals surface area contributed by atoms with E-state index in [1.807, 2.05) is 37.3 Å². The van der Waals surface area contributed by atoms with Crippen LogP contribution in [-0.2, 0) is 6.54 Å². The summed E-state index contributed by atoms with van der Waals surface area (Å²) < 4.78 is 11.9. The lowest BCUT2D eigenvalue weighted by atomic mass is 9.93. The molecule has 0 aliphatic carbocycles. The minimum absolute atomic E-state index is 0.239. The van der Waals surface area contributed by atoms with Crippen LogP contribution in [0, 0.1) is 6.92 Å². The molecule has 34 heavy (non-hydrogen) atoms. The molecule has 0 unspecified atom stereocenters. The Balaban J connectivity index is 1.49. The number of benzene rings is 2. The molecule has 1 fully saturated rings. The van der Waals surface area contributed by atoms with E-state index in [2.05, 4.69) is 49.6 Å². The predicted molar refractivity (Wildman–Crippen MR) is 140 cm³/mol. The molecule has 1 aliphatic heterocycles. The minimum atomic E-state index is -0.882. The Bertz CT molecular complexity index is 895. The molecule has 0 amide bonds. The lowest BCUT2D eigenvalue weighted by molar-refractivity contribution is -0.0620. The van der Waals surface area contributed by atoms with E-state index in [-0.39, 0.29) is 6.61 Å². The van der Waals surface area contributed by atoms with Crippen LogP contribution in [-0.4, -0.2) is 65.4 Å². The highest BCUT2D eigenvalue weighted by Crippen LogP contribution is 2.29. The molecule has 1 atom stereocenters. The van der Waals surface area contributed by atoms with Crippen molar-refractivity contribution >= 4 is 11.6 Å². The van der Waals surface area contributed by atoms with E-state index in [0.717, 1.165) is 43.8 Å². The van der Waals surface area contributed by atoms with Crippen LogP contribution in [0.1, 0.15) is 51.7 Å². The van der Waals surface area contributed by atoms with Crippen LogP contribution in [0.2, 0.25) is 5.02 Å². The molecule has 0 aromatic heterocycles. The molecule has 6 heteroatoms. The lowest BCUT2D eigenvalue weighted by Crippen LogP contribution is -2.51. The molecule has 1 heterocycles. The van der Waals surface area contributed by atoms with Crippen LogP contribution in [0.4, 0.5) is 0 Å². The molecule has 1 saturated heterocycles. The highest BCUT2D eigenvalue weighted by molar-refractivity contribution is 6.32. The quantitative estimate of drug-likeness (QED) is 0.449.